The first kappa shape index (κ1) is 22.9. The number of furan rings is 1. The molecule has 35 heavy (non-hydrogen) atoms. The fourth-order valence-corrected chi connectivity index (χ4v) is 3.78. The molecule has 0 radical (unpaired) electrons. The van der Waals surface area contributed by atoms with Crippen molar-refractivity contribution in [3.8, 4) is 17.0 Å². The molecule has 0 aliphatic rings. The second-order valence-corrected chi connectivity index (χ2v) is 8.33. The van der Waals surface area contributed by atoms with Gasteiger partial charge in [-0.25, -0.2) is 0 Å². The number of anilines is 1. The van der Waals surface area contributed by atoms with Gasteiger partial charge in [-0.3, -0.25) is 4.79 Å². The molecule has 6 nitrogen and oxygen atoms in total. The Kier molecular flexibility index (Phi) is 5.74. The summed E-state index contributed by atoms with van der Waals surface area (Å²) in [6.45, 7) is 0. The highest BCUT2D eigenvalue weighted by Gasteiger charge is 2.30. The molecule has 1 amide bonds. The topological polar surface area (TPSA) is 73.0 Å². The van der Waals surface area contributed by atoms with Crippen LogP contribution in [0.25, 0.3) is 28.0 Å². The molecule has 0 saturated carbocycles. The Balaban J connectivity index is 1.38. The van der Waals surface area contributed by atoms with Gasteiger partial charge in [0.2, 0.25) is 0 Å². The summed E-state index contributed by atoms with van der Waals surface area (Å²) in [5.74, 6) is -0.0927. The lowest BCUT2D eigenvalue weighted by Gasteiger charge is -2.07. The van der Waals surface area contributed by atoms with Gasteiger partial charge in [0.25, 0.3) is 5.91 Å². The predicted molar refractivity (Wildman–Crippen MR) is 126 cm³/mol. The van der Waals surface area contributed by atoms with E-state index in [0.29, 0.717) is 38.1 Å². The van der Waals surface area contributed by atoms with Gasteiger partial charge in [0, 0.05) is 16.3 Å². The normalized spacial score (nSPS) is 11.7. The van der Waals surface area contributed by atoms with Crippen LogP contribution in [0.2, 0.25) is 10.0 Å². The maximum atomic E-state index is 13.0. The zero-order valence-corrected chi connectivity index (χ0v) is 19.0. The quantitative estimate of drug-likeness (QED) is 0.273. The molecule has 5 rings (SSSR count). The third kappa shape index (κ3) is 4.73. The SMILES string of the molecule is O=C(Nc1ccc2nn(-c3cccc(C(F)(F)F)c3)nc2c1)c1ccc(-c2cc(Cl)ccc2Cl)o1. The first-order valence-electron chi connectivity index (χ1n) is 10.1. The second kappa shape index (κ2) is 8.75. The molecule has 0 aliphatic carbocycles. The highest BCUT2D eigenvalue weighted by Crippen LogP contribution is 2.32. The third-order valence-corrected chi connectivity index (χ3v) is 5.63. The predicted octanol–water partition coefficient (Wildman–Crippen LogP) is 7.26. The average Bonchev–Trinajstić information content (AvgIpc) is 3.47. The summed E-state index contributed by atoms with van der Waals surface area (Å²) in [7, 11) is 0. The van der Waals surface area contributed by atoms with Crippen molar-refractivity contribution in [2.75, 3.05) is 5.32 Å². The maximum absolute atomic E-state index is 13.0. The van der Waals surface area contributed by atoms with Gasteiger partial charge < -0.3 is 9.73 Å². The van der Waals surface area contributed by atoms with Crippen LogP contribution >= 0.6 is 23.2 Å². The number of carbonyl (C=O) groups excluding carboxylic acids is 1. The summed E-state index contributed by atoms with van der Waals surface area (Å²) in [4.78, 5) is 13.8. The van der Waals surface area contributed by atoms with Crippen molar-refractivity contribution in [2.45, 2.75) is 6.18 Å². The summed E-state index contributed by atoms with van der Waals surface area (Å²) in [6.07, 6.45) is -4.48. The number of nitrogens with zero attached hydrogens (tertiary/aromatic N) is 3. The van der Waals surface area contributed by atoms with Crippen molar-refractivity contribution in [1.82, 2.24) is 15.0 Å². The molecule has 0 saturated heterocycles. The number of carbonyl (C=O) groups is 1. The van der Waals surface area contributed by atoms with Crippen molar-refractivity contribution in [1.29, 1.82) is 0 Å². The number of hydrogen-bond acceptors (Lipinski definition) is 4. The van der Waals surface area contributed by atoms with Gasteiger partial charge in [-0.2, -0.15) is 18.0 Å². The number of fused-ring (bicyclic) bond motifs is 1. The summed E-state index contributed by atoms with van der Waals surface area (Å²) in [5.41, 5.74) is 1.12. The third-order valence-electron chi connectivity index (χ3n) is 5.07. The fourth-order valence-electron chi connectivity index (χ4n) is 3.40. The van der Waals surface area contributed by atoms with Gasteiger partial charge in [-0.1, -0.05) is 29.3 Å². The van der Waals surface area contributed by atoms with Crippen LogP contribution < -0.4 is 5.32 Å². The number of benzene rings is 3. The lowest BCUT2D eigenvalue weighted by atomic mass is 10.2. The standard InChI is InChI=1S/C24H13Cl2F3N4O2/c25-14-4-6-18(26)17(11-14)21-8-9-22(35-21)23(34)30-15-5-7-19-20(12-15)32-33(31-19)16-3-1-2-13(10-16)24(27,28)29/h1-12H,(H,30,34). The second-order valence-electron chi connectivity index (χ2n) is 7.48. The number of rotatable bonds is 4. The highest BCUT2D eigenvalue weighted by atomic mass is 35.5. The van der Waals surface area contributed by atoms with E-state index < -0.39 is 17.6 Å². The Morgan fingerprint density at radius 3 is 2.51 bits per heavy atom. The van der Waals surface area contributed by atoms with Crippen LogP contribution in [0, 0.1) is 0 Å². The van der Waals surface area contributed by atoms with Crippen LogP contribution in [0.5, 0.6) is 0 Å². The molecule has 0 aliphatic heterocycles. The lowest BCUT2D eigenvalue weighted by Crippen LogP contribution is -2.10. The van der Waals surface area contributed by atoms with Gasteiger partial charge in [0.15, 0.2) is 5.76 Å². The maximum Gasteiger partial charge on any atom is 0.416 e. The van der Waals surface area contributed by atoms with Gasteiger partial charge in [0.1, 0.15) is 16.8 Å². The van der Waals surface area contributed by atoms with Gasteiger partial charge in [-0.15, -0.1) is 10.2 Å². The smallest absolute Gasteiger partial charge is 0.416 e. The van der Waals surface area contributed by atoms with E-state index in [1.54, 1.807) is 42.5 Å². The molecule has 1 N–H and O–H groups in total. The first-order chi connectivity index (χ1) is 16.7. The van der Waals surface area contributed by atoms with Gasteiger partial charge >= 0.3 is 6.18 Å². The minimum atomic E-state index is -4.48. The van der Waals surface area contributed by atoms with E-state index in [1.165, 1.54) is 18.2 Å². The number of halogens is 5. The largest absolute Gasteiger partial charge is 0.451 e. The minimum Gasteiger partial charge on any atom is -0.451 e. The average molecular weight is 517 g/mol. The molecule has 0 atom stereocenters. The molecular formula is C24H13Cl2F3N4O2. The Labute approximate surface area is 205 Å². The molecule has 176 valence electrons. The van der Waals surface area contributed by atoms with Gasteiger partial charge in [0.05, 0.1) is 16.3 Å². The molecular weight excluding hydrogens is 504 g/mol. The minimum absolute atomic E-state index is 0.0451. The Morgan fingerprint density at radius 1 is 0.914 bits per heavy atom. The Hall–Kier alpha value is -3.82. The molecule has 0 unspecified atom stereocenters. The Morgan fingerprint density at radius 2 is 1.71 bits per heavy atom. The number of alkyl halides is 3. The van der Waals surface area contributed by atoms with E-state index in [1.807, 2.05) is 0 Å². The zero-order valence-electron chi connectivity index (χ0n) is 17.5. The van der Waals surface area contributed by atoms with Crippen LogP contribution in [0.4, 0.5) is 18.9 Å². The van der Waals surface area contributed by atoms with E-state index in [2.05, 4.69) is 15.5 Å². The van der Waals surface area contributed by atoms with E-state index >= 15 is 0 Å². The molecule has 11 heteroatoms. The summed E-state index contributed by atoms with van der Waals surface area (Å²) in [6, 6.07) is 17.5. The molecule has 3 aromatic carbocycles. The van der Waals surface area contributed by atoms with Crippen molar-refractivity contribution >= 4 is 45.8 Å². The van der Waals surface area contributed by atoms with Crippen LogP contribution in [-0.2, 0) is 6.18 Å². The number of amides is 1. The summed E-state index contributed by atoms with van der Waals surface area (Å²) >= 11 is 12.2. The zero-order chi connectivity index (χ0) is 24.7. The highest BCUT2D eigenvalue weighted by molar-refractivity contribution is 6.35. The van der Waals surface area contributed by atoms with E-state index in [-0.39, 0.29) is 11.4 Å². The molecule has 5 aromatic rings. The van der Waals surface area contributed by atoms with Crippen LogP contribution in [-0.4, -0.2) is 20.9 Å². The van der Waals surface area contributed by atoms with Crippen molar-refractivity contribution in [2.24, 2.45) is 0 Å². The van der Waals surface area contributed by atoms with Crippen LogP contribution in [0.1, 0.15) is 16.1 Å². The molecule has 0 spiro atoms. The van der Waals surface area contributed by atoms with Crippen molar-refractivity contribution in [3.05, 3.63) is 94.2 Å². The van der Waals surface area contributed by atoms with E-state index in [0.717, 1.165) is 16.9 Å². The molecule has 0 bridgehead atoms. The lowest BCUT2D eigenvalue weighted by molar-refractivity contribution is -0.137. The van der Waals surface area contributed by atoms with Crippen molar-refractivity contribution < 1.29 is 22.4 Å². The first-order valence-corrected chi connectivity index (χ1v) is 10.8. The Bertz CT molecular complexity index is 1580. The summed E-state index contributed by atoms with van der Waals surface area (Å²) < 4.78 is 44.7. The van der Waals surface area contributed by atoms with Gasteiger partial charge in [-0.05, 0) is 66.7 Å². The fraction of sp³-hybridized carbons (Fsp3) is 0.0417. The summed E-state index contributed by atoms with van der Waals surface area (Å²) in [5, 5.41) is 12.1. The molecule has 0 fully saturated rings. The monoisotopic (exact) mass is 516 g/mol. The van der Waals surface area contributed by atoms with Crippen molar-refractivity contribution in [3.63, 3.8) is 0 Å². The molecule has 2 aromatic heterocycles. The van der Waals surface area contributed by atoms with Crippen LogP contribution in [0.3, 0.4) is 0 Å². The number of nitrogens with one attached hydrogen (secondary N) is 1. The van der Waals surface area contributed by atoms with E-state index in [4.69, 9.17) is 27.6 Å². The number of aromatic nitrogens is 3. The number of hydrogen-bond donors (Lipinski definition) is 1. The van der Waals surface area contributed by atoms with Crippen LogP contribution in [0.15, 0.2) is 77.2 Å². The molecule has 2 heterocycles. The van der Waals surface area contributed by atoms with E-state index in [9.17, 15) is 18.0 Å².